The Morgan fingerprint density at radius 3 is 2.63 bits per heavy atom. The van der Waals surface area contributed by atoms with E-state index in [1.807, 2.05) is 31.2 Å². The lowest BCUT2D eigenvalue weighted by Crippen LogP contribution is -2.11. The van der Waals surface area contributed by atoms with E-state index in [0.29, 0.717) is 17.0 Å². The number of hydrogen-bond acceptors (Lipinski definition) is 3. The molecule has 134 valence electrons. The summed E-state index contributed by atoms with van der Waals surface area (Å²) in [4.78, 5) is 12.5. The summed E-state index contributed by atoms with van der Waals surface area (Å²) in [5, 5.41) is 7.09. The van der Waals surface area contributed by atoms with Crippen molar-refractivity contribution in [2.75, 3.05) is 5.32 Å². The third-order valence-corrected chi connectivity index (χ3v) is 4.14. The Labute approximate surface area is 155 Å². The molecule has 2 aromatic carbocycles. The third-order valence-electron chi connectivity index (χ3n) is 4.14. The summed E-state index contributed by atoms with van der Waals surface area (Å²) in [6.07, 6.45) is 1.72. The first kappa shape index (κ1) is 16.8. The predicted octanol–water partition coefficient (Wildman–Crippen LogP) is 4.83. The topological polar surface area (TPSA) is 60.1 Å². The first-order chi connectivity index (χ1) is 13.1. The molecule has 6 heteroatoms. The molecule has 4 aromatic rings. The van der Waals surface area contributed by atoms with Crippen molar-refractivity contribution in [3.05, 3.63) is 90.2 Å². The second kappa shape index (κ2) is 6.92. The zero-order chi connectivity index (χ0) is 18.8. The number of furan rings is 1. The van der Waals surface area contributed by atoms with Gasteiger partial charge in [0.25, 0.3) is 5.91 Å². The number of hydrogen-bond donors (Lipinski definition) is 1. The van der Waals surface area contributed by atoms with Gasteiger partial charge in [-0.3, -0.25) is 4.79 Å². The minimum absolute atomic E-state index is 0.176. The van der Waals surface area contributed by atoms with Crippen LogP contribution in [0.15, 0.2) is 77.3 Å². The van der Waals surface area contributed by atoms with Crippen molar-refractivity contribution >= 4 is 11.6 Å². The third kappa shape index (κ3) is 3.50. The fourth-order valence-electron chi connectivity index (χ4n) is 2.78. The van der Waals surface area contributed by atoms with Crippen molar-refractivity contribution in [2.24, 2.45) is 0 Å². The molecule has 0 radical (unpaired) electrons. The largest absolute Gasteiger partial charge is 0.451 e. The minimum Gasteiger partial charge on any atom is -0.451 e. The molecule has 0 aliphatic heterocycles. The highest BCUT2D eigenvalue weighted by Gasteiger charge is 2.13. The van der Waals surface area contributed by atoms with Crippen LogP contribution in [0.25, 0.3) is 17.0 Å². The Morgan fingerprint density at radius 1 is 1.07 bits per heavy atom. The van der Waals surface area contributed by atoms with E-state index in [9.17, 15) is 9.18 Å². The average Bonchev–Trinajstić information content (AvgIpc) is 3.32. The minimum atomic E-state index is -0.363. The highest BCUT2D eigenvalue weighted by molar-refractivity contribution is 6.02. The summed E-state index contributed by atoms with van der Waals surface area (Å²) < 4.78 is 20.4. The molecule has 0 saturated carbocycles. The lowest BCUT2D eigenvalue weighted by atomic mass is 10.2. The summed E-state index contributed by atoms with van der Waals surface area (Å²) in [6.45, 7) is 1.96. The molecular weight excluding hydrogens is 345 g/mol. The molecule has 4 rings (SSSR count). The Balaban J connectivity index is 1.53. The smallest absolute Gasteiger partial charge is 0.291 e. The van der Waals surface area contributed by atoms with E-state index in [-0.39, 0.29) is 17.5 Å². The number of aryl methyl sites for hydroxylation is 1. The van der Waals surface area contributed by atoms with Crippen LogP contribution in [0.2, 0.25) is 0 Å². The van der Waals surface area contributed by atoms with Crippen LogP contribution in [-0.4, -0.2) is 15.7 Å². The van der Waals surface area contributed by atoms with Gasteiger partial charge in [0.2, 0.25) is 0 Å². The number of amides is 1. The Hall–Kier alpha value is -3.67. The van der Waals surface area contributed by atoms with E-state index in [0.717, 1.165) is 11.4 Å². The summed E-state index contributed by atoms with van der Waals surface area (Å²) in [6, 6.07) is 18.5. The maximum absolute atomic E-state index is 13.0. The number of nitrogens with zero attached hydrogens (tertiary/aromatic N) is 2. The first-order valence-corrected chi connectivity index (χ1v) is 8.38. The zero-order valence-electron chi connectivity index (χ0n) is 14.5. The number of carbonyl (C=O) groups excluding carboxylic acids is 1. The highest BCUT2D eigenvalue weighted by atomic mass is 19.1. The van der Waals surface area contributed by atoms with Gasteiger partial charge < -0.3 is 9.73 Å². The number of carbonyl (C=O) groups is 1. The fraction of sp³-hybridized carbons (Fsp3) is 0.0476. The van der Waals surface area contributed by atoms with Crippen molar-refractivity contribution < 1.29 is 13.6 Å². The number of halogens is 1. The van der Waals surface area contributed by atoms with Crippen LogP contribution in [0.3, 0.4) is 0 Å². The Kier molecular flexibility index (Phi) is 4.30. The number of rotatable bonds is 4. The van der Waals surface area contributed by atoms with Crippen LogP contribution in [0.1, 0.15) is 16.2 Å². The van der Waals surface area contributed by atoms with Gasteiger partial charge in [0.15, 0.2) is 5.76 Å². The van der Waals surface area contributed by atoms with Crippen LogP contribution >= 0.6 is 0 Å². The zero-order valence-corrected chi connectivity index (χ0v) is 14.5. The molecule has 2 heterocycles. The Morgan fingerprint density at radius 2 is 1.89 bits per heavy atom. The van der Waals surface area contributed by atoms with E-state index in [4.69, 9.17) is 4.42 Å². The molecule has 0 spiro atoms. The van der Waals surface area contributed by atoms with Gasteiger partial charge in [0.05, 0.1) is 5.69 Å². The van der Waals surface area contributed by atoms with E-state index in [2.05, 4.69) is 10.4 Å². The lowest BCUT2D eigenvalue weighted by molar-refractivity contribution is 0.0997. The summed E-state index contributed by atoms with van der Waals surface area (Å²) >= 11 is 0. The Bertz CT molecular complexity index is 1100. The van der Waals surface area contributed by atoms with Crippen molar-refractivity contribution in [3.8, 4) is 17.0 Å². The first-order valence-electron chi connectivity index (χ1n) is 8.38. The van der Waals surface area contributed by atoms with E-state index in [1.54, 1.807) is 41.2 Å². The number of anilines is 1. The van der Waals surface area contributed by atoms with E-state index >= 15 is 0 Å². The normalized spacial score (nSPS) is 10.7. The summed E-state index contributed by atoms with van der Waals surface area (Å²) in [7, 11) is 0. The molecule has 0 saturated heterocycles. The number of nitrogens with one attached hydrogen (secondary N) is 1. The maximum Gasteiger partial charge on any atom is 0.291 e. The van der Waals surface area contributed by atoms with Crippen LogP contribution in [0.4, 0.5) is 10.1 Å². The van der Waals surface area contributed by atoms with Gasteiger partial charge >= 0.3 is 0 Å². The summed E-state index contributed by atoms with van der Waals surface area (Å²) in [5.41, 5.74) is 3.17. The van der Waals surface area contributed by atoms with Crippen LogP contribution in [-0.2, 0) is 0 Å². The molecule has 2 aromatic heterocycles. The number of benzene rings is 2. The van der Waals surface area contributed by atoms with E-state index < -0.39 is 0 Å². The van der Waals surface area contributed by atoms with Crippen LogP contribution in [0.5, 0.6) is 0 Å². The van der Waals surface area contributed by atoms with Gasteiger partial charge in [0, 0.05) is 23.1 Å². The van der Waals surface area contributed by atoms with Crippen molar-refractivity contribution in [1.29, 1.82) is 0 Å². The fourth-order valence-corrected chi connectivity index (χ4v) is 2.78. The maximum atomic E-state index is 13.0. The molecule has 0 aliphatic rings. The predicted molar refractivity (Wildman–Crippen MR) is 100 cm³/mol. The monoisotopic (exact) mass is 361 g/mol. The van der Waals surface area contributed by atoms with Crippen molar-refractivity contribution in [1.82, 2.24) is 9.78 Å². The quantitative estimate of drug-likeness (QED) is 0.566. The van der Waals surface area contributed by atoms with Crippen molar-refractivity contribution in [3.63, 3.8) is 0 Å². The molecule has 0 bridgehead atoms. The molecule has 0 fully saturated rings. The molecule has 27 heavy (non-hydrogen) atoms. The van der Waals surface area contributed by atoms with Gasteiger partial charge in [-0.25, -0.2) is 9.07 Å². The second-order valence-corrected chi connectivity index (χ2v) is 6.06. The molecule has 1 N–H and O–H groups in total. The second-order valence-electron chi connectivity index (χ2n) is 6.06. The molecule has 0 aliphatic carbocycles. The van der Waals surface area contributed by atoms with Crippen LogP contribution in [0, 0.1) is 12.7 Å². The average molecular weight is 361 g/mol. The summed E-state index contributed by atoms with van der Waals surface area (Å²) in [5.74, 6) is -0.00987. The molecule has 0 atom stereocenters. The van der Waals surface area contributed by atoms with Gasteiger partial charge in [-0.05, 0) is 67.6 Å². The van der Waals surface area contributed by atoms with Gasteiger partial charge in [-0.1, -0.05) is 6.07 Å². The standard InChI is InChI=1S/C21H16FN3O2/c1-14-11-12-23-25(14)18-4-2-3-17(13-18)24-21(26)20-10-9-19(27-20)15-5-7-16(22)8-6-15/h2-13H,1H3,(H,24,26). The number of aromatic nitrogens is 2. The van der Waals surface area contributed by atoms with Crippen molar-refractivity contribution in [2.45, 2.75) is 6.92 Å². The SMILES string of the molecule is Cc1ccnn1-c1cccc(NC(=O)c2ccc(-c3ccc(F)cc3)o2)c1. The highest BCUT2D eigenvalue weighted by Crippen LogP contribution is 2.23. The van der Waals surface area contributed by atoms with Gasteiger partial charge in [0.1, 0.15) is 11.6 Å². The molecule has 5 nitrogen and oxygen atoms in total. The van der Waals surface area contributed by atoms with Gasteiger partial charge in [-0.15, -0.1) is 0 Å². The lowest BCUT2D eigenvalue weighted by Gasteiger charge is -2.08. The van der Waals surface area contributed by atoms with E-state index in [1.165, 1.54) is 12.1 Å². The molecular formula is C21H16FN3O2. The molecule has 1 amide bonds. The van der Waals surface area contributed by atoms with Gasteiger partial charge in [-0.2, -0.15) is 5.10 Å². The molecule has 0 unspecified atom stereocenters. The van der Waals surface area contributed by atoms with Crippen LogP contribution < -0.4 is 5.32 Å².